The van der Waals surface area contributed by atoms with Gasteiger partial charge in [0.15, 0.2) is 0 Å². The number of nitrogens with zero attached hydrogens (tertiary/aromatic N) is 4. The minimum Gasteiger partial charge on any atom is -0.496 e. The van der Waals surface area contributed by atoms with Crippen molar-refractivity contribution in [2.75, 3.05) is 47.4 Å². The Kier molecular flexibility index (Phi) is 7.83. The Bertz CT molecular complexity index is 2150. The fourth-order valence-electron chi connectivity index (χ4n) is 11.1. The maximum absolute atomic E-state index is 15.1. The van der Waals surface area contributed by atoms with Gasteiger partial charge in [0, 0.05) is 74.6 Å². The van der Waals surface area contributed by atoms with E-state index < -0.39 is 27.1 Å². The first kappa shape index (κ1) is 34.7. The molecule has 2 aromatic rings. The van der Waals surface area contributed by atoms with Crippen molar-refractivity contribution in [3.8, 4) is 5.75 Å². The van der Waals surface area contributed by atoms with Gasteiger partial charge < -0.3 is 24.0 Å². The van der Waals surface area contributed by atoms with Crippen LogP contribution in [0.1, 0.15) is 88.3 Å². The predicted molar refractivity (Wildman–Crippen MR) is 202 cm³/mol. The molecule has 0 spiro atoms. The molecule has 2 saturated heterocycles. The number of aromatic nitrogens is 1. The van der Waals surface area contributed by atoms with Crippen LogP contribution in [0.15, 0.2) is 52.6 Å². The summed E-state index contributed by atoms with van der Waals surface area (Å²) in [7, 11) is 1.44. The number of likely N-dealkylation sites (tertiary alicyclic amines) is 2. The highest BCUT2D eigenvalue weighted by Gasteiger charge is 2.70. The number of hydrogen-bond donors (Lipinski definition) is 1. The second-order valence-electron chi connectivity index (χ2n) is 17.3. The first-order valence-electron chi connectivity index (χ1n) is 19.5. The van der Waals surface area contributed by atoms with Crippen LogP contribution in [-0.2, 0) is 26.2 Å². The Hall–Kier alpha value is -4.06. The molecule has 0 radical (unpaired) electrons. The summed E-state index contributed by atoms with van der Waals surface area (Å²) >= 11 is 0. The highest BCUT2D eigenvalue weighted by Crippen LogP contribution is 2.66. The molecule has 7 aliphatic rings. The van der Waals surface area contributed by atoms with Crippen molar-refractivity contribution in [3.05, 3.63) is 63.9 Å². The van der Waals surface area contributed by atoms with Gasteiger partial charge in [0.05, 0.1) is 29.4 Å². The van der Waals surface area contributed by atoms with Crippen LogP contribution in [0.25, 0.3) is 10.9 Å². The number of methoxy groups -OCH3 is 1. The van der Waals surface area contributed by atoms with Gasteiger partial charge in [0.1, 0.15) is 5.75 Å². The Morgan fingerprint density at radius 2 is 1.66 bits per heavy atom. The van der Waals surface area contributed by atoms with Crippen molar-refractivity contribution in [2.24, 2.45) is 16.7 Å². The molecule has 1 aromatic carbocycles. The normalized spacial score (nSPS) is 28.9. The standard InChI is InChI=1S/C41H51N5O6S/c1-24(2)53(50,51)42-37(47)35-30-19-46-31(18-29-32(52-5)15-14-26(36(29)46)25-10-7-6-8-11-25)33-27(34(30)35)12-9-13-28(33)38(48)44-20-40-16-17-41(40,21-44)23-45(22-40)39(49)43(3)4/h9,12,14-15,18,24-25,28,33H,6-8,10-11,13,16-17,19-23H2,1-5H3,(H,42,47)/t28-,33-,40?,41?/m1/s1. The van der Waals surface area contributed by atoms with E-state index in [2.05, 4.69) is 44.5 Å². The second kappa shape index (κ2) is 12.0. The molecule has 4 fully saturated rings. The molecule has 53 heavy (non-hydrogen) atoms. The quantitative estimate of drug-likeness (QED) is 0.422. The molecule has 2 saturated carbocycles. The van der Waals surface area contributed by atoms with Gasteiger partial charge in [-0.25, -0.2) is 17.9 Å². The number of allylic oxidation sites excluding steroid dienone is 4. The molecule has 9 rings (SSSR count). The highest BCUT2D eigenvalue weighted by atomic mass is 32.2. The van der Waals surface area contributed by atoms with E-state index in [1.54, 1.807) is 40.0 Å². The molecule has 11 nitrogen and oxygen atoms in total. The fraction of sp³-hybridized carbons (Fsp3) is 0.585. The van der Waals surface area contributed by atoms with Gasteiger partial charge in [-0.1, -0.05) is 37.5 Å². The zero-order valence-corrected chi connectivity index (χ0v) is 32.4. The lowest BCUT2D eigenvalue weighted by Crippen LogP contribution is -2.49. The van der Waals surface area contributed by atoms with E-state index in [1.807, 2.05) is 4.90 Å². The number of carbonyl (C=O) groups excluding carboxylic acids is 3. The number of rotatable bonds is 6. The molecule has 4 heterocycles. The number of amides is 4. The molecule has 1 N–H and O–H groups in total. The lowest BCUT2D eigenvalue weighted by Gasteiger charge is -2.48. The van der Waals surface area contributed by atoms with Crippen LogP contribution in [0, 0.1) is 16.7 Å². The zero-order valence-electron chi connectivity index (χ0n) is 31.5. The van der Waals surface area contributed by atoms with E-state index in [0.29, 0.717) is 50.6 Å². The Labute approximate surface area is 312 Å². The zero-order chi connectivity index (χ0) is 37.2. The van der Waals surface area contributed by atoms with E-state index in [9.17, 15) is 18.0 Å². The fourth-order valence-corrected chi connectivity index (χ4v) is 11.7. The third-order valence-corrected chi connectivity index (χ3v) is 15.7. The Morgan fingerprint density at radius 1 is 0.981 bits per heavy atom. The number of benzene rings is 1. The third-order valence-electron chi connectivity index (χ3n) is 14.0. The summed E-state index contributed by atoms with van der Waals surface area (Å²) < 4.78 is 36.4. The van der Waals surface area contributed by atoms with E-state index in [1.165, 1.54) is 24.8 Å². The van der Waals surface area contributed by atoms with Gasteiger partial charge in [-0.15, -0.1) is 0 Å². The van der Waals surface area contributed by atoms with Crippen LogP contribution in [0.3, 0.4) is 0 Å². The van der Waals surface area contributed by atoms with Gasteiger partial charge in [-0.3, -0.25) is 9.59 Å². The molecular formula is C41H51N5O6S. The summed E-state index contributed by atoms with van der Waals surface area (Å²) in [5.74, 6) is -0.0245. The molecule has 4 amide bonds. The summed E-state index contributed by atoms with van der Waals surface area (Å²) in [5.41, 5.74) is 6.26. The lowest BCUT2D eigenvalue weighted by atomic mass is 9.53. The number of sulfonamides is 1. The van der Waals surface area contributed by atoms with Gasteiger partial charge in [-0.05, 0) is 86.3 Å². The average Bonchev–Trinajstić information content (AvgIpc) is 3.62. The van der Waals surface area contributed by atoms with Gasteiger partial charge in [-0.2, -0.15) is 0 Å². The topological polar surface area (TPSA) is 121 Å². The van der Waals surface area contributed by atoms with E-state index in [-0.39, 0.29) is 28.7 Å². The average molecular weight is 742 g/mol. The van der Waals surface area contributed by atoms with E-state index >= 15 is 4.79 Å². The number of fused-ring (bicyclic) bond motifs is 6. The van der Waals surface area contributed by atoms with Crippen molar-refractivity contribution in [2.45, 2.75) is 88.8 Å². The van der Waals surface area contributed by atoms with E-state index in [4.69, 9.17) is 4.74 Å². The predicted octanol–water partition coefficient (Wildman–Crippen LogP) is 5.44. The monoisotopic (exact) mass is 741 g/mol. The van der Waals surface area contributed by atoms with Gasteiger partial charge in [0.25, 0.3) is 5.91 Å². The van der Waals surface area contributed by atoms with Crippen molar-refractivity contribution in [3.63, 3.8) is 0 Å². The van der Waals surface area contributed by atoms with E-state index in [0.717, 1.165) is 64.7 Å². The smallest absolute Gasteiger partial charge is 0.319 e. The first-order valence-corrected chi connectivity index (χ1v) is 21.0. The molecule has 0 bridgehead atoms. The van der Waals surface area contributed by atoms with Crippen LogP contribution in [-0.4, -0.2) is 98.2 Å². The summed E-state index contributed by atoms with van der Waals surface area (Å²) in [6, 6.07) is 6.55. The molecule has 1 aromatic heterocycles. The van der Waals surface area contributed by atoms with Crippen LogP contribution >= 0.6 is 0 Å². The Morgan fingerprint density at radius 3 is 2.28 bits per heavy atom. The molecule has 4 aliphatic carbocycles. The number of hydrogen-bond acceptors (Lipinski definition) is 6. The summed E-state index contributed by atoms with van der Waals surface area (Å²) in [6.07, 6.45) is 12.6. The molecule has 3 aliphatic heterocycles. The summed E-state index contributed by atoms with van der Waals surface area (Å²) in [4.78, 5) is 47.6. The maximum Gasteiger partial charge on any atom is 0.319 e. The largest absolute Gasteiger partial charge is 0.496 e. The summed E-state index contributed by atoms with van der Waals surface area (Å²) in [5, 5.41) is 0.260. The maximum atomic E-state index is 15.1. The molecule has 282 valence electrons. The second-order valence-corrected chi connectivity index (χ2v) is 19.6. The minimum atomic E-state index is -3.85. The van der Waals surface area contributed by atoms with Crippen LogP contribution in [0.4, 0.5) is 4.79 Å². The summed E-state index contributed by atoms with van der Waals surface area (Å²) in [6.45, 7) is 6.20. The molecule has 2 unspecified atom stereocenters. The Balaban J connectivity index is 1.14. The van der Waals surface area contributed by atoms with Crippen molar-refractivity contribution in [1.82, 2.24) is 24.0 Å². The van der Waals surface area contributed by atoms with Crippen molar-refractivity contribution < 1.29 is 27.5 Å². The van der Waals surface area contributed by atoms with Crippen LogP contribution in [0.2, 0.25) is 0 Å². The third kappa shape index (κ3) is 5.02. The van der Waals surface area contributed by atoms with Crippen LogP contribution < -0.4 is 9.46 Å². The number of carbonyl (C=O) groups is 3. The van der Waals surface area contributed by atoms with Gasteiger partial charge in [0.2, 0.25) is 15.9 Å². The number of urea groups is 1. The molecular weight excluding hydrogens is 691 g/mol. The minimum absolute atomic E-state index is 0.0368. The molecule has 4 atom stereocenters. The number of nitrogens with one attached hydrogen (secondary N) is 1. The van der Waals surface area contributed by atoms with Crippen LogP contribution in [0.5, 0.6) is 5.75 Å². The first-order chi connectivity index (χ1) is 25.3. The number of ether oxygens (including phenoxy) is 1. The van der Waals surface area contributed by atoms with Crippen molar-refractivity contribution >= 4 is 38.8 Å². The lowest BCUT2D eigenvalue weighted by molar-refractivity contribution is -0.135. The SMILES string of the molecule is COc1ccc(C2CCCCC2)c2c1cc1n2CC2=C(C(=O)NS(=O)(=O)C(C)C)C2=C2C=CC[C@@H](C(=O)N3CC45CCC4(C3)CN(C(=O)N(C)C)C5)[C@@H]21. The highest BCUT2D eigenvalue weighted by molar-refractivity contribution is 7.90. The molecule has 12 heteroatoms. The van der Waals surface area contributed by atoms with Gasteiger partial charge >= 0.3 is 6.03 Å². The van der Waals surface area contributed by atoms with Crippen molar-refractivity contribution in [1.29, 1.82) is 0 Å².